The molecule has 2 atom stereocenters. The number of amides is 1. The summed E-state index contributed by atoms with van der Waals surface area (Å²) < 4.78 is 42.8. The van der Waals surface area contributed by atoms with Crippen molar-refractivity contribution in [3.63, 3.8) is 0 Å². The summed E-state index contributed by atoms with van der Waals surface area (Å²) in [6.07, 6.45) is 4.67. The van der Waals surface area contributed by atoms with Gasteiger partial charge in [0.1, 0.15) is 6.54 Å². The van der Waals surface area contributed by atoms with Gasteiger partial charge in [0, 0.05) is 53.1 Å². The number of benzene rings is 1. The molecule has 0 aliphatic carbocycles. The number of carbonyl (C=O) groups excluding carboxylic acids is 1. The molecule has 5 aromatic rings. The Hall–Kier alpha value is -4.78. The highest BCUT2D eigenvalue weighted by Gasteiger charge is 2.29. The molecule has 10 nitrogen and oxygen atoms in total. The zero-order valence-corrected chi connectivity index (χ0v) is 25.0. The topological polar surface area (TPSA) is 113 Å². The Balaban J connectivity index is 1.40. The zero-order chi connectivity index (χ0) is 31.9. The molecule has 2 bridgehead atoms. The number of aromatic nitrogens is 7. The molecule has 2 unspecified atom stereocenters. The largest absolute Gasteiger partial charge is 0.408 e. The van der Waals surface area contributed by atoms with E-state index in [4.69, 9.17) is 11.6 Å². The second-order valence-electron chi connectivity index (χ2n) is 11.1. The lowest BCUT2D eigenvalue weighted by molar-refractivity contribution is -0.142. The van der Waals surface area contributed by atoms with Crippen LogP contribution in [0.4, 0.5) is 18.9 Å². The van der Waals surface area contributed by atoms with Crippen LogP contribution < -0.4 is 10.9 Å². The SMILES string of the molecule is CC1CCCC(n2cnc(-c3cc(Cl)ccc3-c3cnn(CC(F)(F)F)c3)cc2=O)c2cc(ccn2)-c2c(cnn2C)NC1=O. The first-order valence-corrected chi connectivity index (χ1v) is 14.6. The van der Waals surface area contributed by atoms with Gasteiger partial charge in [-0.1, -0.05) is 31.0 Å². The van der Waals surface area contributed by atoms with E-state index < -0.39 is 18.8 Å². The minimum Gasteiger partial charge on any atom is -0.323 e. The lowest BCUT2D eigenvalue weighted by Gasteiger charge is -2.22. The first-order valence-electron chi connectivity index (χ1n) is 14.2. The van der Waals surface area contributed by atoms with Crippen LogP contribution in [0.1, 0.15) is 37.9 Å². The summed E-state index contributed by atoms with van der Waals surface area (Å²) in [4.78, 5) is 35.9. The van der Waals surface area contributed by atoms with Crippen molar-refractivity contribution < 1.29 is 18.0 Å². The van der Waals surface area contributed by atoms with Crippen molar-refractivity contribution in [1.29, 1.82) is 0 Å². The lowest BCUT2D eigenvalue weighted by Crippen LogP contribution is -2.27. The van der Waals surface area contributed by atoms with Crippen molar-refractivity contribution >= 4 is 23.2 Å². The number of nitrogens with zero attached hydrogens (tertiary/aromatic N) is 7. The van der Waals surface area contributed by atoms with Gasteiger partial charge in [0.2, 0.25) is 5.91 Å². The maximum Gasteiger partial charge on any atom is 0.408 e. The van der Waals surface area contributed by atoms with Gasteiger partial charge in [-0.3, -0.25) is 28.5 Å². The van der Waals surface area contributed by atoms with Crippen LogP contribution in [-0.4, -0.2) is 46.2 Å². The van der Waals surface area contributed by atoms with E-state index in [0.29, 0.717) is 63.7 Å². The third kappa shape index (κ3) is 6.39. The lowest BCUT2D eigenvalue weighted by atomic mass is 9.96. The summed E-state index contributed by atoms with van der Waals surface area (Å²) in [6.45, 7) is 0.633. The minimum absolute atomic E-state index is 0.111. The highest BCUT2D eigenvalue weighted by atomic mass is 35.5. The number of aryl methyl sites for hydroxylation is 1. The number of rotatable bonds is 4. The van der Waals surface area contributed by atoms with Crippen molar-refractivity contribution in [1.82, 2.24) is 34.1 Å². The number of anilines is 1. The van der Waals surface area contributed by atoms with Crippen LogP contribution in [0.3, 0.4) is 0 Å². The normalized spacial score (nSPS) is 17.2. The number of pyridine rings is 1. The summed E-state index contributed by atoms with van der Waals surface area (Å²) in [6, 6.07) is 9.49. The number of hydrogen-bond donors (Lipinski definition) is 1. The molecule has 0 saturated heterocycles. The summed E-state index contributed by atoms with van der Waals surface area (Å²) >= 11 is 6.30. The molecule has 1 aliphatic rings. The number of halogens is 4. The predicted octanol–water partition coefficient (Wildman–Crippen LogP) is 6.13. The number of fused-ring (bicyclic) bond motifs is 4. The number of nitrogens with one attached hydrogen (secondary N) is 1. The molecule has 1 aromatic carbocycles. The van der Waals surface area contributed by atoms with E-state index in [0.717, 1.165) is 10.2 Å². The number of carbonyl (C=O) groups is 1. The van der Waals surface area contributed by atoms with Crippen molar-refractivity contribution in [3.05, 3.63) is 88.6 Å². The molecule has 0 radical (unpaired) electrons. The summed E-state index contributed by atoms with van der Waals surface area (Å²) in [5.41, 5.74) is 4.10. The third-order valence-electron chi connectivity index (χ3n) is 7.87. The van der Waals surface area contributed by atoms with Crippen LogP contribution in [0.15, 0.2) is 72.3 Å². The Bertz CT molecular complexity index is 1950. The van der Waals surface area contributed by atoms with E-state index in [1.807, 2.05) is 19.1 Å². The van der Waals surface area contributed by atoms with Crippen LogP contribution in [0.25, 0.3) is 33.6 Å². The quantitative estimate of drug-likeness (QED) is 0.254. The Labute approximate surface area is 260 Å². The molecule has 0 saturated carbocycles. The van der Waals surface area contributed by atoms with E-state index >= 15 is 0 Å². The second kappa shape index (κ2) is 12.0. The van der Waals surface area contributed by atoms with Gasteiger partial charge >= 0.3 is 6.18 Å². The minimum atomic E-state index is -4.43. The summed E-state index contributed by atoms with van der Waals surface area (Å²) in [5, 5.41) is 11.5. The Morgan fingerprint density at radius 1 is 1.00 bits per heavy atom. The Kier molecular flexibility index (Phi) is 8.04. The van der Waals surface area contributed by atoms with Crippen molar-refractivity contribution in [3.8, 4) is 33.6 Å². The molecule has 4 aromatic heterocycles. The average molecular weight is 637 g/mol. The van der Waals surface area contributed by atoms with E-state index in [2.05, 4.69) is 25.5 Å². The first-order chi connectivity index (χ1) is 21.5. The molecule has 1 N–H and O–H groups in total. The first kappa shape index (κ1) is 30.3. The molecule has 1 amide bonds. The van der Waals surface area contributed by atoms with Crippen LogP contribution in [0.2, 0.25) is 5.02 Å². The van der Waals surface area contributed by atoms with Crippen LogP contribution in [-0.2, 0) is 18.4 Å². The molecule has 0 fully saturated rings. The Morgan fingerprint density at radius 3 is 2.60 bits per heavy atom. The monoisotopic (exact) mass is 636 g/mol. The molecule has 5 heterocycles. The fourth-order valence-electron chi connectivity index (χ4n) is 5.63. The predicted molar refractivity (Wildman–Crippen MR) is 162 cm³/mol. The van der Waals surface area contributed by atoms with Gasteiger partial charge in [0.25, 0.3) is 5.56 Å². The fraction of sp³-hybridized carbons (Fsp3) is 0.290. The van der Waals surface area contributed by atoms with Gasteiger partial charge in [-0.15, -0.1) is 0 Å². The van der Waals surface area contributed by atoms with Crippen LogP contribution >= 0.6 is 11.6 Å². The van der Waals surface area contributed by atoms with E-state index in [1.54, 1.807) is 42.3 Å². The van der Waals surface area contributed by atoms with E-state index in [1.165, 1.54) is 29.4 Å². The maximum absolute atomic E-state index is 13.7. The standard InChI is InChI=1S/C31H28ClF3N8O2/c1-18-4-3-5-27(25-10-19(8-9-36-25)29-26(40-30(18)45)14-38-41(29)2)43-17-37-24(12-28(43)44)23-11-21(32)6-7-22(23)20-13-39-42(15-20)16-31(33,34)35/h6-15,17-18,27H,3-5,16H2,1-2H3,(H,40,45). The van der Waals surface area contributed by atoms with Crippen molar-refractivity contribution in [2.75, 3.05) is 5.32 Å². The van der Waals surface area contributed by atoms with Gasteiger partial charge in [-0.2, -0.15) is 23.4 Å². The fourth-order valence-corrected chi connectivity index (χ4v) is 5.80. The molecule has 1 aliphatic heterocycles. The average Bonchev–Trinajstić information content (AvgIpc) is 3.59. The molecular formula is C31H28ClF3N8O2. The smallest absolute Gasteiger partial charge is 0.323 e. The van der Waals surface area contributed by atoms with Crippen molar-refractivity contribution in [2.24, 2.45) is 13.0 Å². The van der Waals surface area contributed by atoms with Crippen molar-refractivity contribution in [2.45, 2.75) is 44.9 Å². The highest BCUT2D eigenvalue weighted by molar-refractivity contribution is 6.31. The second-order valence-corrected chi connectivity index (χ2v) is 11.5. The molecule has 45 heavy (non-hydrogen) atoms. The van der Waals surface area contributed by atoms with Gasteiger partial charge in [-0.25, -0.2) is 4.98 Å². The zero-order valence-electron chi connectivity index (χ0n) is 24.3. The van der Waals surface area contributed by atoms with Gasteiger partial charge in [0.15, 0.2) is 0 Å². The molecule has 6 rings (SSSR count). The molecular weight excluding hydrogens is 609 g/mol. The summed E-state index contributed by atoms with van der Waals surface area (Å²) in [7, 11) is 1.79. The van der Waals surface area contributed by atoms with Crippen LogP contribution in [0.5, 0.6) is 0 Å². The van der Waals surface area contributed by atoms with E-state index in [9.17, 15) is 22.8 Å². The summed E-state index contributed by atoms with van der Waals surface area (Å²) in [5.74, 6) is -0.386. The number of hydrogen-bond acceptors (Lipinski definition) is 6. The van der Waals surface area contributed by atoms with Gasteiger partial charge in [0.05, 0.1) is 47.5 Å². The van der Waals surface area contributed by atoms with Crippen LogP contribution in [0, 0.1) is 5.92 Å². The molecule has 0 spiro atoms. The maximum atomic E-state index is 13.7. The third-order valence-corrected chi connectivity index (χ3v) is 8.10. The van der Waals surface area contributed by atoms with Gasteiger partial charge in [-0.05, 0) is 42.7 Å². The molecule has 14 heteroatoms. The Morgan fingerprint density at radius 2 is 1.82 bits per heavy atom. The van der Waals surface area contributed by atoms with E-state index in [-0.39, 0.29) is 17.4 Å². The number of alkyl halides is 3. The van der Waals surface area contributed by atoms with Gasteiger partial charge < -0.3 is 5.32 Å². The molecule has 232 valence electrons. The highest BCUT2D eigenvalue weighted by Crippen LogP contribution is 2.35.